The van der Waals surface area contributed by atoms with E-state index in [-0.39, 0.29) is 12.6 Å². The number of carbonyl (C=O) groups is 1. The lowest BCUT2D eigenvalue weighted by molar-refractivity contribution is -0.155. The molecule has 1 aromatic rings. The van der Waals surface area contributed by atoms with E-state index in [9.17, 15) is 4.79 Å². The Balaban J connectivity index is 2.83. The van der Waals surface area contributed by atoms with Crippen LogP contribution in [-0.4, -0.2) is 24.3 Å². The number of esters is 1. The van der Waals surface area contributed by atoms with Crippen LogP contribution in [0.1, 0.15) is 38.7 Å². The van der Waals surface area contributed by atoms with Gasteiger partial charge in [0.05, 0.1) is 12.0 Å². The average molecular weight is 343 g/mol. The van der Waals surface area contributed by atoms with Crippen molar-refractivity contribution in [3.63, 3.8) is 0 Å². The van der Waals surface area contributed by atoms with Crippen LogP contribution in [0, 0.1) is 5.41 Å². The first-order valence-electron chi connectivity index (χ1n) is 7.04. The van der Waals surface area contributed by atoms with Crippen LogP contribution in [0.5, 0.6) is 0 Å². The molecule has 0 heterocycles. The van der Waals surface area contributed by atoms with Crippen LogP contribution in [0.3, 0.4) is 0 Å². The maximum atomic E-state index is 12.3. The van der Waals surface area contributed by atoms with Crippen molar-refractivity contribution in [2.75, 3.05) is 13.2 Å². The highest BCUT2D eigenvalue weighted by Gasteiger charge is 2.34. The molecule has 1 aromatic carbocycles. The molecule has 1 atom stereocenters. The molecule has 4 heteroatoms. The number of unbranched alkanes of at least 4 members (excludes halogenated alkanes) is 1. The van der Waals surface area contributed by atoms with Gasteiger partial charge in [-0.05, 0) is 50.8 Å². The number of rotatable bonds is 8. The predicted molar refractivity (Wildman–Crippen MR) is 83.5 cm³/mol. The third-order valence-corrected chi connectivity index (χ3v) is 3.88. The second-order valence-corrected chi connectivity index (χ2v) is 6.18. The van der Waals surface area contributed by atoms with Crippen molar-refractivity contribution in [1.82, 2.24) is 0 Å². The molecule has 0 bridgehead atoms. The zero-order valence-corrected chi connectivity index (χ0v) is 13.8. The van der Waals surface area contributed by atoms with Crippen molar-refractivity contribution in [1.29, 1.82) is 0 Å². The lowest BCUT2D eigenvalue weighted by Crippen LogP contribution is -2.32. The van der Waals surface area contributed by atoms with Crippen molar-refractivity contribution in [3.8, 4) is 0 Å². The van der Waals surface area contributed by atoms with Gasteiger partial charge < -0.3 is 9.84 Å². The zero-order valence-electron chi connectivity index (χ0n) is 12.2. The van der Waals surface area contributed by atoms with Crippen LogP contribution >= 0.6 is 15.9 Å². The first-order valence-corrected chi connectivity index (χ1v) is 7.83. The molecule has 0 spiro atoms. The molecule has 0 saturated carbocycles. The monoisotopic (exact) mass is 342 g/mol. The maximum absolute atomic E-state index is 12.3. The highest BCUT2D eigenvalue weighted by Crippen LogP contribution is 2.31. The number of hydrogen-bond donors (Lipinski definition) is 1. The van der Waals surface area contributed by atoms with Crippen LogP contribution in [0.25, 0.3) is 0 Å². The molecule has 0 saturated heterocycles. The summed E-state index contributed by atoms with van der Waals surface area (Å²) in [6, 6.07) is 7.99. The molecule has 112 valence electrons. The first-order chi connectivity index (χ1) is 9.51. The summed E-state index contributed by atoms with van der Waals surface area (Å²) >= 11 is 3.45. The number of aliphatic hydroxyl groups excluding tert-OH is 1. The molecule has 20 heavy (non-hydrogen) atoms. The Morgan fingerprint density at radius 3 is 2.75 bits per heavy atom. The predicted octanol–water partition coefficient (Wildman–Crippen LogP) is 3.72. The third-order valence-electron chi connectivity index (χ3n) is 3.39. The van der Waals surface area contributed by atoms with Crippen molar-refractivity contribution >= 4 is 21.9 Å². The normalized spacial score (nSPS) is 13.8. The Bertz CT molecular complexity index is 433. The molecule has 1 N–H and O–H groups in total. The lowest BCUT2D eigenvalue weighted by atomic mass is 9.79. The Morgan fingerprint density at radius 1 is 1.40 bits per heavy atom. The van der Waals surface area contributed by atoms with Gasteiger partial charge in [-0.15, -0.1) is 0 Å². The fourth-order valence-electron chi connectivity index (χ4n) is 2.29. The van der Waals surface area contributed by atoms with E-state index in [4.69, 9.17) is 9.84 Å². The van der Waals surface area contributed by atoms with Crippen molar-refractivity contribution in [2.45, 2.75) is 39.5 Å². The fraction of sp³-hybridized carbons (Fsp3) is 0.562. The minimum absolute atomic E-state index is 0.155. The summed E-state index contributed by atoms with van der Waals surface area (Å²) in [5.41, 5.74) is 0.574. The van der Waals surface area contributed by atoms with E-state index < -0.39 is 5.41 Å². The van der Waals surface area contributed by atoms with Crippen LogP contribution in [-0.2, 0) is 16.0 Å². The third kappa shape index (κ3) is 5.25. The number of halogens is 1. The van der Waals surface area contributed by atoms with Gasteiger partial charge in [-0.1, -0.05) is 34.5 Å². The Morgan fingerprint density at radius 2 is 2.15 bits per heavy atom. The molecule has 0 radical (unpaired) electrons. The minimum Gasteiger partial charge on any atom is -0.466 e. The van der Waals surface area contributed by atoms with Gasteiger partial charge in [0.15, 0.2) is 0 Å². The van der Waals surface area contributed by atoms with E-state index in [0.717, 1.165) is 22.9 Å². The van der Waals surface area contributed by atoms with Gasteiger partial charge in [0.2, 0.25) is 0 Å². The number of carbonyl (C=O) groups excluding carboxylic acids is 1. The van der Waals surface area contributed by atoms with E-state index in [1.165, 1.54) is 0 Å². The molecule has 3 nitrogen and oxygen atoms in total. The summed E-state index contributed by atoms with van der Waals surface area (Å²) in [5.74, 6) is -0.155. The van der Waals surface area contributed by atoms with Crippen molar-refractivity contribution < 1.29 is 14.6 Å². The van der Waals surface area contributed by atoms with Gasteiger partial charge in [-0.3, -0.25) is 4.79 Å². The maximum Gasteiger partial charge on any atom is 0.312 e. The molecular formula is C16H23BrO3. The topological polar surface area (TPSA) is 46.5 Å². The van der Waals surface area contributed by atoms with E-state index in [0.29, 0.717) is 19.4 Å². The van der Waals surface area contributed by atoms with Crippen LogP contribution < -0.4 is 0 Å². The Hall–Kier alpha value is -0.870. The highest BCUT2D eigenvalue weighted by molar-refractivity contribution is 9.10. The SMILES string of the molecule is CCOC(=O)[C@@](C)(CCCCO)Cc1cccc(Br)c1. The highest BCUT2D eigenvalue weighted by atomic mass is 79.9. The summed E-state index contributed by atoms with van der Waals surface area (Å²) in [5, 5.41) is 8.91. The van der Waals surface area contributed by atoms with E-state index >= 15 is 0 Å². The molecule has 0 amide bonds. The summed E-state index contributed by atoms with van der Waals surface area (Å²) in [6.45, 7) is 4.33. The average Bonchev–Trinajstić information content (AvgIpc) is 2.39. The van der Waals surface area contributed by atoms with E-state index in [1.807, 2.05) is 38.1 Å². The van der Waals surface area contributed by atoms with Crippen molar-refractivity contribution in [2.24, 2.45) is 5.41 Å². The molecular weight excluding hydrogens is 320 g/mol. The summed E-state index contributed by atoms with van der Waals surface area (Å²) < 4.78 is 6.24. The van der Waals surface area contributed by atoms with Crippen LogP contribution in [0.15, 0.2) is 28.7 Å². The second kappa shape index (κ2) is 8.42. The first kappa shape index (κ1) is 17.2. The molecule has 0 aliphatic heterocycles. The number of ether oxygens (including phenoxy) is 1. The van der Waals surface area contributed by atoms with E-state index in [1.54, 1.807) is 0 Å². The molecule has 0 fully saturated rings. The molecule has 1 rings (SSSR count). The summed E-state index contributed by atoms with van der Waals surface area (Å²) in [6.07, 6.45) is 2.91. The molecule has 0 aromatic heterocycles. The van der Waals surface area contributed by atoms with Gasteiger partial charge >= 0.3 is 5.97 Å². The van der Waals surface area contributed by atoms with Gasteiger partial charge in [0, 0.05) is 11.1 Å². The van der Waals surface area contributed by atoms with Gasteiger partial charge in [-0.2, -0.15) is 0 Å². The molecule has 0 aliphatic carbocycles. The van der Waals surface area contributed by atoms with Gasteiger partial charge in [0.1, 0.15) is 0 Å². The smallest absolute Gasteiger partial charge is 0.312 e. The summed E-state index contributed by atoms with van der Waals surface area (Å²) in [4.78, 5) is 12.3. The largest absolute Gasteiger partial charge is 0.466 e. The quantitative estimate of drug-likeness (QED) is 0.578. The molecule has 0 aliphatic rings. The fourth-order valence-corrected chi connectivity index (χ4v) is 2.74. The summed E-state index contributed by atoms with van der Waals surface area (Å²) in [7, 11) is 0. The number of aliphatic hydroxyl groups is 1. The molecule has 0 unspecified atom stereocenters. The number of hydrogen-bond acceptors (Lipinski definition) is 3. The Kier molecular flexibility index (Phi) is 7.24. The van der Waals surface area contributed by atoms with Crippen LogP contribution in [0.4, 0.5) is 0 Å². The zero-order chi connectivity index (χ0) is 15.0. The second-order valence-electron chi connectivity index (χ2n) is 5.27. The van der Waals surface area contributed by atoms with E-state index in [2.05, 4.69) is 15.9 Å². The van der Waals surface area contributed by atoms with Gasteiger partial charge in [-0.25, -0.2) is 0 Å². The van der Waals surface area contributed by atoms with Crippen LogP contribution in [0.2, 0.25) is 0 Å². The minimum atomic E-state index is -0.536. The Labute approximate surface area is 129 Å². The standard InChI is InChI=1S/C16H23BrO3/c1-3-20-15(19)16(2,9-4-5-10-18)12-13-7-6-8-14(17)11-13/h6-8,11,18H,3-5,9-10,12H2,1-2H3/t16-/m0/s1. The van der Waals surface area contributed by atoms with Gasteiger partial charge in [0.25, 0.3) is 0 Å². The van der Waals surface area contributed by atoms with Crippen molar-refractivity contribution in [3.05, 3.63) is 34.3 Å². The lowest BCUT2D eigenvalue weighted by Gasteiger charge is -2.27. The number of benzene rings is 1.